The van der Waals surface area contributed by atoms with Gasteiger partial charge in [-0.15, -0.1) is 17.7 Å². The number of hydrogen-bond donors (Lipinski definition) is 0. The minimum atomic E-state index is 0. The van der Waals surface area contributed by atoms with Gasteiger partial charge in [-0.3, -0.25) is 4.98 Å². The van der Waals surface area contributed by atoms with Gasteiger partial charge in [0, 0.05) is 11.9 Å². The molecule has 0 fully saturated rings. The fourth-order valence-corrected chi connectivity index (χ4v) is 1.66. The van der Waals surface area contributed by atoms with Crippen LogP contribution < -0.4 is 0 Å². The van der Waals surface area contributed by atoms with E-state index in [0.717, 1.165) is 5.69 Å². The first kappa shape index (κ1) is 15.9. The molecule has 0 atom stereocenters. The first-order valence-corrected chi connectivity index (χ1v) is 5.10. The Hall–Kier alpha value is -1.10. The standard InChI is InChI=1S/C14H14N.CH3.Pd/c1-11(2)12-7-3-4-8-13(12)14-9-5-6-10-15-14;;/h3-10H,1-2H3;1H3;/q2*-1;+2. The van der Waals surface area contributed by atoms with Crippen LogP contribution in [0.15, 0.2) is 48.7 Å². The molecule has 2 aromatic rings. The smallest absolute Gasteiger partial charge is 0.358 e. The molecule has 2 rings (SSSR count). The van der Waals surface area contributed by atoms with Crippen LogP contribution in [-0.4, -0.2) is 4.98 Å². The molecule has 1 aromatic carbocycles. The molecule has 0 amide bonds. The molecule has 0 spiro atoms. The maximum atomic E-state index is 4.38. The Kier molecular flexibility index (Phi) is 6.80. The van der Waals surface area contributed by atoms with Crippen LogP contribution >= 0.6 is 0 Å². The second-order valence-electron chi connectivity index (χ2n) is 3.76. The molecule has 1 heterocycles. The molecular formula is C15H17NPd. The topological polar surface area (TPSA) is 12.9 Å². The Morgan fingerprint density at radius 2 is 1.59 bits per heavy atom. The van der Waals surface area contributed by atoms with Gasteiger partial charge in [0.05, 0.1) is 0 Å². The van der Waals surface area contributed by atoms with E-state index in [-0.39, 0.29) is 27.8 Å². The summed E-state index contributed by atoms with van der Waals surface area (Å²) in [6.07, 6.45) is 1.83. The molecule has 0 aliphatic rings. The zero-order valence-corrected chi connectivity index (χ0v) is 11.9. The minimum absolute atomic E-state index is 0. The van der Waals surface area contributed by atoms with E-state index in [2.05, 4.69) is 43.1 Å². The monoisotopic (exact) mass is 317 g/mol. The fourth-order valence-electron chi connectivity index (χ4n) is 1.66. The molecule has 92 valence electrons. The van der Waals surface area contributed by atoms with Gasteiger partial charge in [0.15, 0.2) is 0 Å². The number of pyridine rings is 1. The van der Waals surface area contributed by atoms with Crippen molar-refractivity contribution in [1.29, 1.82) is 0 Å². The Morgan fingerprint density at radius 1 is 0.941 bits per heavy atom. The molecule has 0 bridgehead atoms. The van der Waals surface area contributed by atoms with Crippen molar-refractivity contribution in [3.05, 3.63) is 67.6 Å². The van der Waals surface area contributed by atoms with Crippen molar-refractivity contribution in [2.24, 2.45) is 0 Å². The number of rotatable bonds is 2. The second-order valence-corrected chi connectivity index (χ2v) is 3.76. The zero-order valence-electron chi connectivity index (χ0n) is 10.4. The molecular weight excluding hydrogens is 301 g/mol. The van der Waals surface area contributed by atoms with Gasteiger partial charge in [-0.05, 0) is 12.1 Å². The SMILES string of the molecule is C[C-](C)c1ccccc1-c1ccccn1.[CH3-].[Pd+2]. The van der Waals surface area contributed by atoms with Crippen molar-refractivity contribution in [1.82, 2.24) is 4.98 Å². The Bertz CT molecular complexity index is 438. The van der Waals surface area contributed by atoms with Gasteiger partial charge in [0.25, 0.3) is 0 Å². The molecule has 2 heteroatoms. The molecule has 1 nitrogen and oxygen atoms in total. The predicted molar refractivity (Wildman–Crippen MR) is 69.8 cm³/mol. The Morgan fingerprint density at radius 3 is 2.18 bits per heavy atom. The average molecular weight is 318 g/mol. The van der Waals surface area contributed by atoms with Crippen LogP contribution in [0.4, 0.5) is 0 Å². The maximum Gasteiger partial charge on any atom is 2.00 e. The largest absolute Gasteiger partial charge is 2.00 e. The number of aromatic nitrogens is 1. The molecule has 0 saturated heterocycles. The maximum absolute atomic E-state index is 4.38. The summed E-state index contributed by atoms with van der Waals surface area (Å²) in [5, 5.41) is 0. The van der Waals surface area contributed by atoms with Crippen LogP contribution in [0.3, 0.4) is 0 Å². The van der Waals surface area contributed by atoms with Crippen LogP contribution in [0.5, 0.6) is 0 Å². The fraction of sp³-hybridized carbons (Fsp3) is 0.133. The first-order chi connectivity index (χ1) is 7.29. The quantitative estimate of drug-likeness (QED) is 0.599. The molecule has 0 aliphatic carbocycles. The van der Waals surface area contributed by atoms with Crippen molar-refractivity contribution in [3.63, 3.8) is 0 Å². The summed E-state index contributed by atoms with van der Waals surface area (Å²) in [5.41, 5.74) is 3.52. The van der Waals surface area contributed by atoms with E-state index in [9.17, 15) is 0 Å². The summed E-state index contributed by atoms with van der Waals surface area (Å²) >= 11 is 0. The van der Waals surface area contributed by atoms with E-state index in [0.29, 0.717) is 0 Å². The van der Waals surface area contributed by atoms with Crippen molar-refractivity contribution in [2.45, 2.75) is 13.8 Å². The van der Waals surface area contributed by atoms with Crippen LogP contribution in [0.1, 0.15) is 19.4 Å². The van der Waals surface area contributed by atoms with E-state index < -0.39 is 0 Å². The predicted octanol–water partition coefficient (Wildman–Crippen LogP) is 4.16. The molecule has 17 heavy (non-hydrogen) atoms. The third-order valence-corrected chi connectivity index (χ3v) is 2.41. The number of hydrogen-bond acceptors (Lipinski definition) is 1. The summed E-state index contributed by atoms with van der Waals surface area (Å²) in [6, 6.07) is 14.4. The van der Waals surface area contributed by atoms with E-state index in [1.165, 1.54) is 17.0 Å². The van der Waals surface area contributed by atoms with Gasteiger partial charge in [-0.1, -0.05) is 26.0 Å². The second kappa shape index (κ2) is 7.27. The number of nitrogens with zero attached hydrogens (tertiary/aromatic N) is 1. The zero-order chi connectivity index (χ0) is 10.7. The molecule has 0 N–H and O–H groups in total. The molecule has 0 aliphatic heterocycles. The van der Waals surface area contributed by atoms with Crippen molar-refractivity contribution < 1.29 is 20.4 Å². The number of benzene rings is 1. The molecule has 0 saturated carbocycles. The van der Waals surface area contributed by atoms with E-state index >= 15 is 0 Å². The summed E-state index contributed by atoms with van der Waals surface area (Å²) in [4.78, 5) is 4.38. The first-order valence-electron chi connectivity index (χ1n) is 5.10. The van der Waals surface area contributed by atoms with Gasteiger partial charge in [-0.2, -0.15) is 17.5 Å². The molecule has 0 unspecified atom stereocenters. The third kappa shape index (κ3) is 3.70. The summed E-state index contributed by atoms with van der Waals surface area (Å²) in [7, 11) is 0. The Labute approximate surface area is 118 Å². The summed E-state index contributed by atoms with van der Waals surface area (Å²) < 4.78 is 0. The van der Waals surface area contributed by atoms with Crippen LogP contribution in [0.2, 0.25) is 0 Å². The van der Waals surface area contributed by atoms with E-state index in [4.69, 9.17) is 0 Å². The van der Waals surface area contributed by atoms with Gasteiger partial charge in [-0.25, -0.2) is 0 Å². The van der Waals surface area contributed by atoms with Crippen molar-refractivity contribution >= 4 is 0 Å². The van der Waals surface area contributed by atoms with E-state index in [1.54, 1.807) is 0 Å². The minimum Gasteiger partial charge on any atom is -0.358 e. The van der Waals surface area contributed by atoms with Crippen LogP contribution in [0.25, 0.3) is 11.3 Å². The summed E-state index contributed by atoms with van der Waals surface area (Å²) in [6.45, 7) is 4.25. The van der Waals surface area contributed by atoms with E-state index in [1.807, 2.05) is 24.4 Å². The average Bonchev–Trinajstić information content (AvgIpc) is 2.30. The molecule has 1 aromatic heterocycles. The van der Waals surface area contributed by atoms with Gasteiger partial charge in [0.1, 0.15) is 0 Å². The molecule has 0 radical (unpaired) electrons. The normalized spacial score (nSPS) is 8.82. The van der Waals surface area contributed by atoms with Crippen LogP contribution in [0, 0.1) is 13.3 Å². The van der Waals surface area contributed by atoms with Gasteiger partial charge < -0.3 is 7.43 Å². The Balaban J connectivity index is 0.00000128. The van der Waals surface area contributed by atoms with Crippen molar-refractivity contribution in [3.8, 4) is 11.3 Å². The van der Waals surface area contributed by atoms with Gasteiger partial charge in [0.2, 0.25) is 0 Å². The third-order valence-electron chi connectivity index (χ3n) is 2.41. The van der Waals surface area contributed by atoms with Gasteiger partial charge >= 0.3 is 20.4 Å². The summed E-state index contributed by atoms with van der Waals surface area (Å²) in [5.74, 6) is 1.32. The van der Waals surface area contributed by atoms with Crippen molar-refractivity contribution in [2.75, 3.05) is 0 Å². The van der Waals surface area contributed by atoms with Crippen LogP contribution in [-0.2, 0) is 20.4 Å².